The third kappa shape index (κ3) is 3.43. The van der Waals surface area contributed by atoms with Crippen LogP contribution in [-0.2, 0) is 14.8 Å². The molecule has 1 fully saturated rings. The maximum absolute atomic E-state index is 12.8. The summed E-state index contributed by atoms with van der Waals surface area (Å²) in [4.78, 5) is 0.148. The largest absolute Gasteiger partial charge is 0.367 e. The zero-order valence-corrected chi connectivity index (χ0v) is 13.6. The number of rotatable bonds is 2. The van der Waals surface area contributed by atoms with Gasteiger partial charge in [-0.3, -0.25) is 0 Å². The molecule has 1 aromatic rings. The zero-order chi connectivity index (χ0) is 15.9. The summed E-state index contributed by atoms with van der Waals surface area (Å²) in [6.07, 6.45) is 0. The number of benzene rings is 1. The summed E-state index contributed by atoms with van der Waals surface area (Å²) in [6, 6.07) is 8.07. The highest BCUT2D eigenvalue weighted by Gasteiger charge is 2.43. The fraction of sp³-hybridized carbons (Fsp3) is 0.533. The topological polar surface area (TPSA) is 70.4 Å². The zero-order valence-electron chi connectivity index (χ0n) is 12.8. The maximum Gasteiger partial charge on any atom is 0.243 e. The molecular weight excluding hydrogens is 288 g/mol. The summed E-state index contributed by atoms with van der Waals surface area (Å²) in [7, 11) is -3.63. The van der Waals surface area contributed by atoms with E-state index in [-0.39, 0.29) is 18.0 Å². The van der Waals surface area contributed by atoms with E-state index < -0.39 is 21.2 Å². The lowest BCUT2D eigenvalue weighted by atomic mass is 10.0. The number of morpholine rings is 1. The Kier molecular flexibility index (Phi) is 3.87. The molecule has 21 heavy (non-hydrogen) atoms. The van der Waals surface area contributed by atoms with Crippen molar-refractivity contribution in [2.45, 2.75) is 43.8 Å². The summed E-state index contributed by atoms with van der Waals surface area (Å²) in [6.45, 7) is 8.08. The van der Waals surface area contributed by atoms with Gasteiger partial charge in [0.15, 0.2) is 0 Å². The first-order valence-corrected chi connectivity index (χ1v) is 8.20. The van der Waals surface area contributed by atoms with Crippen LogP contribution in [-0.4, -0.2) is 37.0 Å². The number of nitriles is 1. The minimum Gasteiger partial charge on any atom is -0.367 e. The van der Waals surface area contributed by atoms with E-state index in [1.165, 1.54) is 16.4 Å². The third-order valence-corrected chi connectivity index (χ3v) is 5.06. The Balaban J connectivity index is 2.41. The van der Waals surface area contributed by atoms with E-state index in [4.69, 9.17) is 10.00 Å². The van der Waals surface area contributed by atoms with E-state index in [0.717, 1.165) is 0 Å². The molecule has 2 rings (SSSR count). The summed E-state index contributed by atoms with van der Waals surface area (Å²) in [5.74, 6) is 0. The summed E-state index contributed by atoms with van der Waals surface area (Å²) in [5, 5.41) is 8.93. The van der Waals surface area contributed by atoms with E-state index >= 15 is 0 Å². The van der Waals surface area contributed by atoms with Crippen molar-refractivity contribution in [3.63, 3.8) is 0 Å². The van der Waals surface area contributed by atoms with E-state index in [0.29, 0.717) is 5.56 Å². The van der Waals surface area contributed by atoms with Crippen molar-refractivity contribution in [1.82, 2.24) is 4.31 Å². The first kappa shape index (κ1) is 16.0. The van der Waals surface area contributed by atoms with Gasteiger partial charge in [0.2, 0.25) is 10.0 Å². The van der Waals surface area contributed by atoms with Gasteiger partial charge in [-0.1, -0.05) is 6.07 Å². The summed E-state index contributed by atoms with van der Waals surface area (Å²) >= 11 is 0. The molecule has 1 heterocycles. The van der Waals surface area contributed by atoms with Gasteiger partial charge in [-0.15, -0.1) is 0 Å². The van der Waals surface area contributed by atoms with Crippen LogP contribution in [0.5, 0.6) is 0 Å². The summed E-state index contributed by atoms with van der Waals surface area (Å²) in [5.41, 5.74) is -0.772. The molecule has 0 radical (unpaired) electrons. The lowest BCUT2D eigenvalue weighted by molar-refractivity contribution is -0.163. The van der Waals surface area contributed by atoms with Gasteiger partial charge in [-0.2, -0.15) is 9.57 Å². The standard InChI is InChI=1S/C15H20N2O3S/c1-14(2)10-17(11-15(3,4)20-14)21(18,19)13-7-5-6-12(8-13)9-16/h5-8H,10-11H2,1-4H3. The molecule has 114 valence electrons. The second-order valence-electron chi connectivity index (χ2n) is 6.53. The quantitative estimate of drug-likeness (QED) is 0.839. The van der Waals surface area contributed by atoms with Crippen LogP contribution in [0.25, 0.3) is 0 Å². The Labute approximate surface area is 126 Å². The lowest BCUT2D eigenvalue weighted by Gasteiger charge is -2.46. The average Bonchev–Trinajstić information content (AvgIpc) is 2.35. The van der Waals surface area contributed by atoms with Gasteiger partial charge >= 0.3 is 0 Å². The van der Waals surface area contributed by atoms with Crippen LogP contribution in [0.15, 0.2) is 29.2 Å². The van der Waals surface area contributed by atoms with Crippen molar-refractivity contribution in [3.05, 3.63) is 29.8 Å². The second kappa shape index (κ2) is 5.09. The van der Waals surface area contributed by atoms with Crippen molar-refractivity contribution in [2.75, 3.05) is 13.1 Å². The Bertz CT molecular complexity index is 671. The van der Waals surface area contributed by atoms with Gasteiger partial charge in [0.1, 0.15) is 0 Å². The Hall–Kier alpha value is -1.42. The predicted molar refractivity (Wildman–Crippen MR) is 79.2 cm³/mol. The molecule has 0 spiro atoms. The van der Waals surface area contributed by atoms with Gasteiger partial charge in [0.25, 0.3) is 0 Å². The van der Waals surface area contributed by atoms with Crippen LogP contribution in [0.2, 0.25) is 0 Å². The number of hydrogen-bond acceptors (Lipinski definition) is 4. The van der Waals surface area contributed by atoms with Gasteiger partial charge in [0.05, 0.1) is 27.7 Å². The van der Waals surface area contributed by atoms with Crippen molar-refractivity contribution >= 4 is 10.0 Å². The highest BCUT2D eigenvalue weighted by atomic mass is 32.2. The Morgan fingerprint density at radius 3 is 2.29 bits per heavy atom. The van der Waals surface area contributed by atoms with Crippen molar-refractivity contribution in [2.24, 2.45) is 0 Å². The van der Waals surface area contributed by atoms with Crippen LogP contribution in [0.3, 0.4) is 0 Å². The van der Waals surface area contributed by atoms with Crippen molar-refractivity contribution in [1.29, 1.82) is 5.26 Å². The molecule has 0 amide bonds. The van der Waals surface area contributed by atoms with Crippen LogP contribution < -0.4 is 0 Å². The van der Waals surface area contributed by atoms with Gasteiger partial charge in [0, 0.05) is 13.1 Å². The highest BCUT2D eigenvalue weighted by Crippen LogP contribution is 2.31. The first-order valence-electron chi connectivity index (χ1n) is 6.76. The average molecular weight is 308 g/mol. The van der Waals surface area contributed by atoms with E-state index in [2.05, 4.69) is 0 Å². The van der Waals surface area contributed by atoms with Crippen LogP contribution in [0, 0.1) is 11.3 Å². The Morgan fingerprint density at radius 2 is 1.76 bits per heavy atom. The third-order valence-electron chi connectivity index (χ3n) is 3.27. The van der Waals surface area contributed by atoms with Gasteiger partial charge < -0.3 is 4.74 Å². The summed E-state index contributed by atoms with van der Waals surface area (Å²) < 4.78 is 32.9. The van der Waals surface area contributed by atoms with E-state index in [9.17, 15) is 8.42 Å². The monoisotopic (exact) mass is 308 g/mol. The number of hydrogen-bond donors (Lipinski definition) is 0. The molecule has 1 saturated heterocycles. The normalized spacial score (nSPS) is 21.7. The second-order valence-corrected chi connectivity index (χ2v) is 8.47. The molecule has 0 aromatic heterocycles. The molecule has 0 unspecified atom stereocenters. The lowest BCUT2D eigenvalue weighted by Crippen LogP contribution is -2.58. The van der Waals surface area contributed by atoms with Crippen LogP contribution >= 0.6 is 0 Å². The Morgan fingerprint density at radius 1 is 1.19 bits per heavy atom. The van der Waals surface area contributed by atoms with E-state index in [1.54, 1.807) is 12.1 Å². The molecule has 0 saturated carbocycles. The molecule has 0 aliphatic carbocycles. The van der Waals surface area contributed by atoms with Crippen LogP contribution in [0.1, 0.15) is 33.3 Å². The number of sulfonamides is 1. The van der Waals surface area contributed by atoms with Crippen molar-refractivity contribution in [3.8, 4) is 6.07 Å². The molecule has 6 heteroatoms. The molecule has 0 bridgehead atoms. The van der Waals surface area contributed by atoms with Gasteiger partial charge in [-0.05, 0) is 45.9 Å². The minimum atomic E-state index is -3.63. The molecular formula is C15H20N2O3S. The molecule has 0 atom stereocenters. The SMILES string of the molecule is CC1(C)CN(S(=O)(=O)c2cccc(C#N)c2)CC(C)(C)O1. The maximum atomic E-state index is 12.8. The molecule has 1 aliphatic heterocycles. The first-order chi connectivity index (χ1) is 9.56. The predicted octanol–water partition coefficient (Wildman–Crippen LogP) is 2.14. The number of nitrogens with zero attached hydrogens (tertiary/aromatic N) is 2. The molecule has 1 aromatic carbocycles. The smallest absolute Gasteiger partial charge is 0.243 e. The molecule has 0 N–H and O–H groups in total. The highest BCUT2D eigenvalue weighted by molar-refractivity contribution is 7.89. The fourth-order valence-electron chi connectivity index (χ4n) is 2.76. The van der Waals surface area contributed by atoms with Crippen molar-refractivity contribution < 1.29 is 13.2 Å². The molecule has 5 nitrogen and oxygen atoms in total. The van der Waals surface area contributed by atoms with Gasteiger partial charge in [-0.25, -0.2) is 8.42 Å². The minimum absolute atomic E-state index is 0.148. The molecule has 1 aliphatic rings. The fourth-order valence-corrected chi connectivity index (χ4v) is 4.55. The van der Waals surface area contributed by atoms with Crippen LogP contribution in [0.4, 0.5) is 0 Å². The van der Waals surface area contributed by atoms with E-state index in [1.807, 2.05) is 33.8 Å². The number of ether oxygens (including phenoxy) is 1.